The van der Waals surface area contributed by atoms with Crippen molar-refractivity contribution in [3.63, 3.8) is 0 Å². The molecule has 12 heavy (non-hydrogen) atoms. The van der Waals surface area contributed by atoms with Gasteiger partial charge in [-0.05, 0) is 43.7 Å². The largest absolute Gasteiger partial charge is 0.316 e. The summed E-state index contributed by atoms with van der Waals surface area (Å²) in [6, 6.07) is 0. The van der Waals surface area contributed by atoms with Gasteiger partial charge in [-0.3, -0.25) is 0 Å². The van der Waals surface area contributed by atoms with Gasteiger partial charge in [0.1, 0.15) is 0 Å². The van der Waals surface area contributed by atoms with Gasteiger partial charge in [0.25, 0.3) is 0 Å². The first-order valence-electron chi connectivity index (χ1n) is 5.62. The molecule has 0 amide bonds. The molecular weight excluding hydrogens is 146 g/mol. The Morgan fingerprint density at radius 1 is 1.17 bits per heavy atom. The Morgan fingerprint density at radius 2 is 2.00 bits per heavy atom. The van der Waals surface area contributed by atoms with E-state index in [1.54, 1.807) is 0 Å². The van der Waals surface area contributed by atoms with Crippen molar-refractivity contribution in [2.24, 2.45) is 17.8 Å². The fraction of sp³-hybridized carbons (Fsp3) is 1.00. The summed E-state index contributed by atoms with van der Waals surface area (Å²) in [6.07, 6.45) is 7.38. The predicted octanol–water partition coefficient (Wildman–Crippen LogP) is 2.42. The van der Waals surface area contributed by atoms with Crippen molar-refractivity contribution in [2.45, 2.75) is 39.0 Å². The molecule has 1 heteroatoms. The van der Waals surface area contributed by atoms with E-state index in [1.807, 2.05) is 0 Å². The van der Waals surface area contributed by atoms with Crippen LogP contribution in [0.3, 0.4) is 0 Å². The van der Waals surface area contributed by atoms with Gasteiger partial charge < -0.3 is 5.32 Å². The molecule has 1 heterocycles. The van der Waals surface area contributed by atoms with Crippen molar-refractivity contribution in [1.82, 2.24) is 5.32 Å². The van der Waals surface area contributed by atoms with Crippen molar-refractivity contribution in [1.29, 1.82) is 0 Å². The highest BCUT2D eigenvalue weighted by molar-refractivity contribution is 4.86. The van der Waals surface area contributed by atoms with E-state index in [-0.39, 0.29) is 0 Å². The van der Waals surface area contributed by atoms with E-state index < -0.39 is 0 Å². The summed E-state index contributed by atoms with van der Waals surface area (Å²) >= 11 is 0. The second kappa shape index (κ2) is 3.78. The second-order valence-electron chi connectivity index (χ2n) is 4.53. The van der Waals surface area contributed by atoms with Crippen molar-refractivity contribution in [3.8, 4) is 0 Å². The van der Waals surface area contributed by atoms with Crippen LogP contribution in [-0.4, -0.2) is 13.1 Å². The first kappa shape index (κ1) is 8.55. The number of rotatable bonds is 1. The number of hydrogen-bond donors (Lipinski definition) is 1. The summed E-state index contributed by atoms with van der Waals surface area (Å²) in [6.45, 7) is 4.95. The molecule has 70 valence electrons. The minimum absolute atomic E-state index is 0.990. The van der Waals surface area contributed by atoms with Crippen molar-refractivity contribution in [3.05, 3.63) is 0 Å². The van der Waals surface area contributed by atoms with Gasteiger partial charge in [0.15, 0.2) is 0 Å². The van der Waals surface area contributed by atoms with Gasteiger partial charge in [0.2, 0.25) is 0 Å². The molecule has 2 rings (SSSR count). The van der Waals surface area contributed by atoms with E-state index in [0.29, 0.717) is 0 Å². The molecule has 2 fully saturated rings. The molecule has 0 radical (unpaired) electrons. The fourth-order valence-electron chi connectivity index (χ4n) is 3.16. The summed E-state index contributed by atoms with van der Waals surface area (Å²) in [5, 5.41) is 3.58. The lowest BCUT2D eigenvalue weighted by atomic mass is 9.69. The van der Waals surface area contributed by atoms with Gasteiger partial charge in [-0.2, -0.15) is 0 Å². The van der Waals surface area contributed by atoms with E-state index in [9.17, 15) is 0 Å². The lowest BCUT2D eigenvalue weighted by Gasteiger charge is -2.41. The van der Waals surface area contributed by atoms with Crippen LogP contribution in [0, 0.1) is 17.8 Å². The molecule has 0 spiro atoms. The second-order valence-corrected chi connectivity index (χ2v) is 4.53. The highest BCUT2D eigenvalue weighted by Crippen LogP contribution is 2.37. The van der Waals surface area contributed by atoms with E-state index in [4.69, 9.17) is 0 Å². The van der Waals surface area contributed by atoms with Crippen molar-refractivity contribution >= 4 is 0 Å². The van der Waals surface area contributed by atoms with E-state index >= 15 is 0 Å². The average Bonchev–Trinajstić information content (AvgIpc) is 2.17. The normalized spacial score (nSPS) is 42.2. The zero-order valence-corrected chi connectivity index (χ0v) is 8.18. The summed E-state index contributed by atoms with van der Waals surface area (Å²) in [4.78, 5) is 0. The average molecular weight is 167 g/mol. The van der Waals surface area contributed by atoms with Crippen molar-refractivity contribution in [2.75, 3.05) is 13.1 Å². The summed E-state index contributed by atoms with van der Waals surface area (Å²) in [7, 11) is 0. The first-order valence-corrected chi connectivity index (χ1v) is 5.62. The third-order valence-electron chi connectivity index (χ3n) is 3.91. The molecule has 0 aromatic rings. The summed E-state index contributed by atoms with van der Waals surface area (Å²) in [5.41, 5.74) is 0. The minimum atomic E-state index is 0.990. The summed E-state index contributed by atoms with van der Waals surface area (Å²) < 4.78 is 0. The van der Waals surface area contributed by atoms with Gasteiger partial charge in [0, 0.05) is 0 Å². The van der Waals surface area contributed by atoms with E-state index in [2.05, 4.69) is 12.2 Å². The molecule has 3 unspecified atom stereocenters. The molecule has 0 aromatic heterocycles. The number of nitrogens with one attached hydrogen (secondary N) is 1. The molecule has 1 saturated carbocycles. The van der Waals surface area contributed by atoms with Gasteiger partial charge in [-0.25, -0.2) is 0 Å². The van der Waals surface area contributed by atoms with E-state index in [0.717, 1.165) is 17.8 Å². The first-order chi connectivity index (χ1) is 5.92. The lowest BCUT2D eigenvalue weighted by Crippen LogP contribution is -2.44. The molecule has 1 aliphatic heterocycles. The Balaban J connectivity index is 1.99. The Hall–Kier alpha value is -0.0400. The standard InChI is InChI=1S/C11H21N/c1-2-9-7-12-8-10-5-3-4-6-11(9)10/h9-12H,2-8H2,1H3. The molecule has 1 aliphatic carbocycles. The zero-order valence-electron chi connectivity index (χ0n) is 8.18. The predicted molar refractivity (Wildman–Crippen MR) is 52.1 cm³/mol. The maximum Gasteiger partial charge on any atom is -0.00176 e. The lowest BCUT2D eigenvalue weighted by molar-refractivity contribution is 0.116. The molecular formula is C11H21N. The topological polar surface area (TPSA) is 12.0 Å². The van der Waals surface area contributed by atoms with Crippen LogP contribution in [0.25, 0.3) is 0 Å². The Kier molecular flexibility index (Phi) is 2.69. The SMILES string of the molecule is CCC1CNCC2CCCCC12. The smallest absolute Gasteiger partial charge is 0.00176 e. The molecule has 0 bridgehead atoms. The minimum Gasteiger partial charge on any atom is -0.316 e. The third-order valence-corrected chi connectivity index (χ3v) is 3.91. The van der Waals surface area contributed by atoms with Crippen LogP contribution in [-0.2, 0) is 0 Å². The molecule has 1 N–H and O–H groups in total. The Morgan fingerprint density at radius 3 is 2.83 bits per heavy atom. The zero-order chi connectivity index (χ0) is 8.39. The molecule has 1 nitrogen and oxygen atoms in total. The Bertz CT molecular complexity index is 135. The Labute approximate surface area is 75.9 Å². The number of fused-ring (bicyclic) bond motifs is 1. The maximum atomic E-state index is 3.58. The molecule has 1 saturated heterocycles. The van der Waals surface area contributed by atoms with Gasteiger partial charge in [-0.15, -0.1) is 0 Å². The monoisotopic (exact) mass is 167 g/mol. The highest BCUT2D eigenvalue weighted by Gasteiger charge is 2.33. The maximum absolute atomic E-state index is 3.58. The highest BCUT2D eigenvalue weighted by atomic mass is 14.9. The van der Waals surface area contributed by atoms with Crippen LogP contribution in [0.2, 0.25) is 0 Å². The number of piperidine rings is 1. The summed E-state index contributed by atoms with van der Waals surface area (Å²) in [5.74, 6) is 3.09. The van der Waals surface area contributed by atoms with Crippen LogP contribution in [0.5, 0.6) is 0 Å². The quantitative estimate of drug-likeness (QED) is 0.632. The third kappa shape index (κ3) is 1.52. The number of hydrogen-bond acceptors (Lipinski definition) is 1. The van der Waals surface area contributed by atoms with E-state index in [1.165, 1.54) is 45.2 Å². The van der Waals surface area contributed by atoms with Crippen molar-refractivity contribution < 1.29 is 0 Å². The van der Waals surface area contributed by atoms with Crippen LogP contribution in [0.4, 0.5) is 0 Å². The van der Waals surface area contributed by atoms with Crippen LogP contribution in [0.1, 0.15) is 39.0 Å². The van der Waals surface area contributed by atoms with Gasteiger partial charge in [0.05, 0.1) is 0 Å². The van der Waals surface area contributed by atoms with Crippen LogP contribution < -0.4 is 5.32 Å². The molecule has 0 aromatic carbocycles. The van der Waals surface area contributed by atoms with Crippen LogP contribution in [0.15, 0.2) is 0 Å². The van der Waals surface area contributed by atoms with Gasteiger partial charge in [-0.1, -0.05) is 26.2 Å². The molecule has 3 atom stereocenters. The van der Waals surface area contributed by atoms with Crippen LogP contribution >= 0.6 is 0 Å². The molecule has 2 aliphatic rings. The fourth-order valence-corrected chi connectivity index (χ4v) is 3.16. The van der Waals surface area contributed by atoms with Gasteiger partial charge >= 0.3 is 0 Å².